The first kappa shape index (κ1) is 16.0. The number of hydrogen-bond donors (Lipinski definition) is 2. The van der Waals surface area contributed by atoms with Gasteiger partial charge in [-0.1, -0.05) is 17.3 Å². The quantitative estimate of drug-likeness (QED) is 0.848. The highest BCUT2D eigenvalue weighted by atomic mass is 16.5. The summed E-state index contributed by atoms with van der Waals surface area (Å²) in [6.45, 7) is 3.70. The van der Waals surface area contributed by atoms with Crippen molar-refractivity contribution in [3.05, 3.63) is 46.8 Å². The van der Waals surface area contributed by atoms with Crippen LogP contribution in [0.3, 0.4) is 0 Å². The normalized spacial score (nSPS) is 12.0. The molecule has 0 saturated heterocycles. The summed E-state index contributed by atoms with van der Waals surface area (Å²) in [5.41, 5.74) is 2.19. The van der Waals surface area contributed by atoms with Crippen LogP contribution >= 0.6 is 0 Å². The second-order valence-electron chi connectivity index (χ2n) is 5.08. The number of nitrogens with zero attached hydrogens (tertiary/aromatic N) is 1. The zero-order valence-electron chi connectivity index (χ0n) is 12.9. The molecular weight excluding hydrogens is 284 g/mol. The first-order chi connectivity index (χ1) is 10.5. The summed E-state index contributed by atoms with van der Waals surface area (Å²) in [6, 6.07) is 7.12. The third kappa shape index (κ3) is 3.85. The maximum Gasteiger partial charge on any atom is 0.224 e. The number of aromatic nitrogens is 1. The molecule has 1 aromatic carbocycles. The summed E-state index contributed by atoms with van der Waals surface area (Å²) in [5, 5.41) is 16.6. The van der Waals surface area contributed by atoms with E-state index >= 15 is 0 Å². The number of rotatable bonds is 6. The Labute approximate surface area is 129 Å². The molecule has 0 spiro atoms. The summed E-state index contributed by atoms with van der Waals surface area (Å²) < 4.78 is 10.1. The number of nitrogens with one attached hydrogen (secondary N) is 1. The molecule has 1 atom stereocenters. The molecule has 0 aliphatic rings. The third-order valence-corrected chi connectivity index (χ3v) is 3.49. The van der Waals surface area contributed by atoms with E-state index in [1.807, 2.05) is 0 Å². The maximum absolute atomic E-state index is 12.0. The second kappa shape index (κ2) is 7.09. The van der Waals surface area contributed by atoms with Crippen molar-refractivity contribution in [2.45, 2.75) is 26.4 Å². The van der Waals surface area contributed by atoms with Crippen LogP contribution in [-0.4, -0.2) is 29.8 Å². The molecule has 1 unspecified atom stereocenters. The Hall–Kier alpha value is -2.34. The molecule has 0 aliphatic heterocycles. The van der Waals surface area contributed by atoms with Crippen molar-refractivity contribution in [1.29, 1.82) is 0 Å². The van der Waals surface area contributed by atoms with Crippen LogP contribution in [0.4, 0.5) is 0 Å². The minimum atomic E-state index is -0.788. The zero-order chi connectivity index (χ0) is 16.1. The summed E-state index contributed by atoms with van der Waals surface area (Å²) in [4.78, 5) is 12.0. The molecule has 2 aromatic rings. The predicted molar refractivity (Wildman–Crippen MR) is 80.6 cm³/mol. The Kier molecular flexibility index (Phi) is 5.16. The van der Waals surface area contributed by atoms with Crippen LogP contribution in [0.25, 0.3) is 0 Å². The van der Waals surface area contributed by atoms with Gasteiger partial charge in [0.05, 0.1) is 25.3 Å². The van der Waals surface area contributed by atoms with Crippen LogP contribution in [0.2, 0.25) is 0 Å². The fourth-order valence-corrected chi connectivity index (χ4v) is 2.15. The van der Waals surface area contributed by atoms with E-state index in [0.29, 0.717) is 22.8 Å². The highest BCUT2D eigenvalue weighted by Gasteiger charge is 2.15. The lowest BCUT2D eigenvalue weighted by molar-refractivity contribution is -0.120. The topological polar surface area (TPSA) is 84.6 Å². The number of benzene rings is 1. The lowest BCUT2D eigenvalue weighted by Gasteiger charge is -2.13. The van der Waals surface area contributed by atoms with Crippen LogP contribution in [0.15, 0.2) is 28.8 Å². The van der Waals surface area contributed by atoms with Gasteiger partial charge in [0.2, 0.25) is 5.91 Å². The second-order valence-corrected chi connectivity index (χ2v) is 5.08. The van der Waals surface area contributed by atoms with Crippen molar-refractivity contribution in [2.75, 3.05) is 13.7 Å². The molecule has 0 bridgehead atoms. The standard InChI is InChI=1S/C16H20N2O4/c1-10-14(11(2)22-18-10)8-16(20)17-9-15(19)12-5-4-6-13(7-12)21-3/h4-7,15,19H,8-9H2,1-3H3,(H,17,20). The smallest absolute Gasteiger partial charge is 0.224 e. The molecular formula is C16H20N2O4. The number of methoxy groups -OCH3 is 1. The van der Waals surface area contributed by atoms with E-state index in [2.05, 4.69) is 10.5 Å². The van der Waals surface area contributed by atoms with Crippen molar-refractivity contribution in [2.24, 2.45) is 0 Å². The molecule has 6 heteroatoms. The van der Waals surface area contributed by atoms with Gasteiger partial charge >= 0.3 is 0 Å². The number of amides is 1. The van der Waals surface area contributed by atoms with E-state index < -0.39 is 6.10 Å². The zero-order valence-corrected chi connectivity index (χ0v) is 12.9. The number of hydrogen-bond acceptors (Lipinski definition) is 5. The lowest BCUT2D eigenvalue weighted by Crippen LogP contribution is -2.29. The number of carbonyl (C=O) groups excluding carboxylic acids is 1. The number of ether oxygens (including phenoxy) is 1. The van der Waals surface area contributed by atoms with Gasteiger partial charge in [0, 0.05) is 12.1 Å². The van der Waals surface area contributed by atoms with Gasteiger partial charge in [0.15, 0.2) is 0 Å². The van der Waals surface area contributed by atoms with Gasteiger partial charge in [-0.3, -0.25) is 4.79 Å². The molecule has 2 N–H and O–H groups in total. The molecule has 0 saturated carbocycles. The lowest BCUT2D eigenvalue weighted by atomic mass is 10.1. The minimum Gasteiger partial charge on any atom is -0.497 e. The van der Waals surface area contributed by atoms with Crippen molar-refractivity contribution in [1.82, 2.24) is 10.5 Å². The van der Waals surface area contributed by atoms with Crippen molar-refractivity contribution in [3.8, 4) is 5.75 Å². The molecule has 1 aromatic heterocycles. The molecule has 6 nitrogen and oxygen atoms in total. The summed E-state index contributed by atoms with van der Waals surface area (Å²) in [7, 11) is 1.57. The molecule has 2 rings (SSSR count). The Morgan fingerprint density at radius 1 is 1.45 bits per heavy atom. The average Bonchev–Trinajstić information content (AvgIpc) is 2.84. The van der Waals surface area contributed by atoms with Crippen LogP contribution in [0.1, 0.15) is 28.7 Å². The van der Waals surface area contributed by atoms with Crippen LogP contribution in [0, 0.1) is 13.8 Å². The van der Waals surface area contributed by atoms with Gasteiger partial charge < -0.3 is 19.7 Å². The van der Waals surface area contributed by atoms with E-state index in [-0.39, 0.29) is 18.9 Å². The van der Waals surface area contributed by atoms with Crippen molar-refractivity contribution in [3.63, 3.8) is 0 Å². The average molecular weight is 304 g/mol. The Bertz CT molecular complexity index is 632. The molecule has 22 heavy (non-hydrogen) atoms. The maximum atomic E-state index is 12.0. The number of aliphatic hydroxyl groups excluding tert-OH is 1. The third-order valence-electron chi connectivity index (χ3n) is 3.49. The molecule has 1 heterocycles. The molecule has 0 aliphatic carbocycles. The van der Waals surface area contributed by atoms with Gasteiger partial charge in [0.25, 0.3) is 0 Å². The predicted octanol–water partition coefficient (Wildman–Crippen LogP) is 1.69. The summed E-state index contributed by atoms with van der Waals surface area (Å²) in [5.74, 6) is 1.12. The Balaban J connectivity index is 1.90. The highest BCUT2D eigenvalue weighted by molar-refractivity contribution is 5.79. The number of aryl methyl sites for hydroxylation is 2. The SMILES string of the molecule is COc1cccc(C(O)CNC(=O)Cc2c(C)noc2C)c1. The molecule has 0 fully saturated rings. The monoisotopic (exact) mass is 304 g/mol. The summed E-state index contributed by atoms with van der Waals surface area (Å²) in [6.07, 6.45) is -0.602. The number of carbonyl (C=O) groups is 1. The van der Waals surface area contributed by atoms with E-state index in [4.69, 9.17) is 9.26 Å². The van der Waals surface area contributed by atoms with E-state index in [0.717, 1.165) is 5.56 Å². The van der Waals surface area contributed by atoms with Crippen LogP contribution < -0.4 is 10.1 Å². The molecule has 118 valence electrons. The van der Waals surface area contributed by atoms with E-state index in [1.165, 1.54) is 0 Å². The van der Waals surface area contributed by atoms with Gasteiger partial charge in [0.1, 0.15) is 11.5 Å². The molecule has 0 radical (unpaired) electrons. The van der Waals surface area contributed by atoms with Gasteiger partial charge in [-0.15, -0.1) is 0 Å². The largest absolute Gasteiger partial charge is 0.497 e. The Morgan fingerprint density at radius 2 is 2.23 bits per heavy atom. The van der Waals surface area contributed by atoms with Gasteiger partial charge in [-0.25, -0.2) is 0 Å². The fourth-order valence-electron chi connectivity index (χ4n) is 2.15. The van der Waals surface area contributed by atoms with Crippen LogP contribution in [-0.2, 0) is 11.2 Å². The molecule has 1 amide bonds. The highest BCUT2D eigenvalue weighted by Crippen LogP contribution is 2.18. The van der Waals surface area contributed by atoms with Crippen molar-refractivity contribution < 1.29 is 19.2 Å². The van der Waals surface area contributed by atoms with Crippen molar-refractivity contribution >= 4 is 5.91 Å². The Morgan fingerprint density at radius 3 is 2.86 bits per heavy atom. The van der Waals surface area contributed by atoms with Crippen LogP contribution in [0.5, 0.6) is 5.75 Å². The van der Waals surface area contributed by atoms with E-state index in [9.17, 15) is 9.90 Å². The first-order valence-electron chi connectivity index (χ1n) is 7.01. The van der Waals surface area contributed by atoms with Gasteiger partial charge in [-0.2, -0.15) is 0 Å². The van der Waals surface area contributed by atoms with Gasteiger partial charge in [-0.05, 0) is 31.5 Å². The fraction of sp³-hybridized carbons (Fsp3) is 0.375. The number of aliphatic hydroxyl groups is 1. The minimum absolute atomic E-state index is 0.134. The first-order valence-corrected chi connectivity index (χ1v) is 7.01. The van der Waals surface area contributed by atoms with E-state index in [1.54, 1.807) is 45.2 Å². The summed E-state index contributed by atoms with van der Waals surface area (Å²) >= 11 is 0.